The van der Waals surface area contributed by atoms with Gasteiger partial charge in [0.2, 0.25) is 0 Å². The fraction of sp³-hybridized carbons (Fsp3) is 0.400. The molecule has 1 aliphatic rings. The molecule has 1 aliphatic heterocycles. The zero-order valence-corrected chi connectivity index (χ0v) is 23.0. The number of alkyl halides is 1. The quantitative estimate of drug-likeness (QED) is 0.190. The summed E-state index contributed by atoms with van der Waals surface area (Å²) < 4.78 is 32.0. The molecule has 5 atom stereocenters. The lowest BCUT2D eigenvalue weighted by Crippen LogP contribution is -2.48. The predicted molar refractivity (Wildman–Crippen MR) is 149 cm³/mol. The van der Waals surface area contributed by atoms with Crippen LogP contribution in [0.3, 0.4) is 0 Å². The van der Waals surface area contributed by atoms with Gasteiger partial charge in [-0.25, -0.2) is 0 Å². The minimum Gasteiger partial charge on any atom is -0.369 e. The third kappa shape index (κ3) is 8.10. The van der Waals surface area contributed by atoms with Crippen molar-refractivity contribution in [1.82, 2.24) is 0 Å². The summed E-state index contributed by atoms with van der Waals surface area (Å²) in [6, 6.07) is 30.6. The largest absolute Gasteiger partial charge is 0.369 e. The Morgan fingerprint density at radius 2 is 1.14 bits per heavy atom. The third-order valence-corrected chi connectivity index (χ3v) is 7.27. The minimum absolute atomic E-state index is 0.0208. The van der Waals surface area contributed by atoms with Gasteiger partial charge in [-0.2, -0.15) is 0 Å². The number of hydrogen-bond acceptors (Lipinski definition) is 5. The molecule has 36 heavy (non-hydrogen) atoms. The standard InChI is InChI=1S/C30H35IO5/c1-22(2)36-30-27(31)29(34-20-25-16-10-5-11-17-25)28(33-19-24-14-8-4-9-15-24)26(21-35-30)32-18-23-12-6-3-7-13-23/h3-17,22,26-30H,18-21H2,1-2H3/t26-,27+,28+,29+,30-/m1/s1. The molecule has 0 N–H and O–H groups in total. The van der Waals surface area contributed by atoms with E-state index in [-0.39, 0.29) is 28.3 Å². The van der Waals surface area contributed by atoms with Gasteiger partial charge >= 0.3 is 0 Å². The van der Waals surface area contributed by atoms with Crippen LogP contribution in [0.4, 0.5) is 0 Å². The van der Waals surface area contributed by atoms with Gasteiger partial charge in [0.05, 0.1) is 36.5 Å². The van der Waals surface area contributed by atoms with E-state index in [1.165, 1.54) is 0 Å². The Morgan fingerprint density at radius 1 is 0.694 bits per heavy atom. The molecule has 0 spiro atoms. The summed E-state index contributed by atoms with van der Waals surface area (Å²) in [5, 5.41) is 0. The first kappa shape index (κ1) is 27.2. The highest BCUT2D eigenvalue weighted by molar-refractivity contribution is 14.1. The Hall–Kier alpha value is -1.81. The Morgan fingerprint density at radius 3 is 1.61 bits per heavy atom. The zero-order valence-electron chi connectivity index (χ0n) is 20.9. The van der Waals surface area contributed by atoms with Crippen LogP contribution < -0.4 is 0 Å². The van der Waals surface area contributed by atoms with Crippen LogP contribution in [-0.4, -0.2) is 41.2 Å². The van der Waals surface area contributed by atoms with Gasteiger partial charge < -0.3 is 23.7 Å². The van der Waals surface area contributed by atoms with E-state index in [1.54, 1.807) is 0 Å². The summed E-state index contributed by atoms with van der Waals surface area (Å²) in [7, 11) is 0. The van der Waals surface area contributed by atoms with Gasteiger partial charge in [0, 0.05) is 0 Å². The van der Waals surface area contributed by atoms with E-state index in [0.717, 1.165) is 16.7 Å². The molecule has 6 heteroatoms. The van der Waals surface area contributed by atoms with Crippen molar-refractivity contribution >= 4 is 22.6 Å². The summed E-state index contributed by atoms with van der Waals surface area (Å²) in [6.45, 7) is 5.78. The van der Waals surface area contributed by atoms with Crippen molar-refractivity contribution in [3.63, 3.8) is 0 Å². The maximum absolute atomic E-state index is 6.58. The Labute approximate surface area is 228 Å². The molecule has 3 aromatic rings. The highest BCUT2D eigenvalue weighted by Crippen LogP contribution is 2.31. The van der Waals surface area contributed by atoms with E-state index in [2.05, 4.69) is 59.0 Å². The number of hydrogen-bond donors (Lipinski definition) is 0. The zero-order chi connectivity index (χ0) is 25.2. The van der Waals surface area contributed by atoms with Crippen LogP contribution in [0, 0.1) is 0 Å². The van der Waals surface area contributed by atoms with Gasteiger partial charge in [-0.3, -0.25) is 0 Å². The summed E-state index contributed by atoms with van der Waals surface area (Å²) >= 11 is 2.39. The van der Waals surface area contributed by atoms with Crippen molar-refractivity contribution in [2.75, 3.05) is 6.61 Å². The summed E-state index contributed by atoms with van der Waals surface area (Å²) in [5.41, 5.74) is 3.31. The normalized spacial score (nSPS) is 24.5. The van der Waals surface area contributed by atoms with E-state index in [1.807, 2.05) is 68.4 Å². The van der Waals surface area contributed by atoms with Crippen LogP contribution >= 0.6 is 22.6 Å². The molecule has 3 aromatic carbocycles. The van der Waals surface area contributed by atoms with Crippen molar-refractivity contribution in [1.29, 1.82) is 0 Å². The SMILES string of the molecule is CC(C)O[C@H]1OC[C@@H](OCc2ccccc2)[C@H](OCc2ccccc2)[C@@H](OCc2ccccc2)[C@@H]1I. The molecular weight excluding hydrogens is 567 g/mol. The van der Waals surface area contributed by atoms with Gasteiger partial charge in [0.15, 0.2) is 6.29 Å². The smallest absolute Gasteiger partial charge is 0.172 e. The first-order valence-corrected chi connectivity index (χ1v) is 13.7. The number of rotatable bonds is 11. The second-order valence-electron chi connectivity index (χ2n) is 9.19. The maximum Gasteiger partial charge on any atom is 0.172 e. The minimum atomic E-state index is -0.431. The van der Waals surface area contributed by atoms with E-state index < -0.39 is 6.29 Å². The first-order valence-electron chi connectivity index (χ1n) is 12.5. The molecule has 0 aromatic heterocycles. The molecule has 0 unspecified atom stereocenters. The first-order chi connectivity index (χ1) is 17.6. The van der Waals surface area contributed by atoms with Gasteiger partial charge in [0.1, 0.15) is 18.3 Å². The molecule has 0 aliphatic carbocycles. The maximum atomic E-state index is 6.58. The molecule has 192 valence electrons. The second-order valence-corrected chi connectivity index (χ2v) is 10.6. The summed E-state index contributed by atoms with van der Waals surface area (Å²) in [6.07, 6.45) is -1.39. The van der Waals surface area contributed by atoms with E-state index in [4.69, 9.17) is 23.7 Å². The second kappa shape index (κ2) is 14.2. The van der Waals surface area contributed by atoms with Crippen molar-refractivity contribution in [2.24, 2.45) is 0 Å². The van der Waals surface area contributed by atoms with Crippen molar-refractivity contribution < 1.29 is 23.7 Å². The Bertz CT molecular complexity index is 1000. The molecular formula is C30H35IO5. The Balaban J connectivity index is 1.58. The molecule has 0 amide bonds. The fourth-order valence-electron chi connectivity index (χ4n) is 4.15. The van der Waals surface area contributed by atoms with E-state index in [0.29, 0.717) is 26.4 Å². The molecule has 1 fully saturated rings. The molecule has 1 heterocycles. The van der Waals surface area contributed by atoms with Gasteiger partial charge in [-0.15, -0.1) is 0 Å². The number of benzene rings is 3. The number of ether oxygens (including phenoxy) is 5. The monoisotopic (exact) mass is 602 g/mol. The van der Waals surface area contributed by atoms with Crippen LogP contribution in [0.5, 0.6) is 0 Å². The lowest BCUT2D eigenvalue weighted by molar-refractivity contribution is -0.174. The highest BCUT2D eigenvalue weighted by atomic mass is 127. The van der Waals surface area contributed by atoms with Crippen LogP contribution in [-0.2, 0) is 43.5 Å². The van der Waals surface area contributed by atoms with E-state index >= 15 is 0 Å². The fourth-order valence-corrected chi connectivity index (χ4v) is 5.14. The van der Waals surface area contributed by atoms with Crippen LogP contribution in [0.25, 0.3) is 0 Å². The molecule has 0 radical (unpaired) electrons. The summed E-state index contributed by atoms with van der Waals surface area (Å²) in [4.78, 5) is 0. The Kier molecular flexibility index (Phi) is 10.8. The van der Waals surface area contributed by atoms with E-state index in [9.17, 15) is 0 Å². The molecule has 0 bridgehead atoms. The van der Waals surface area contributed by atoms with Crippen molar-refractivity contribution in [2.45, 2.75) is 68.3 Å². The van der Waals surface area contributed by atoms with Crippen LogP contribution in [0.1, 0.15) is 30.5 Å². The molecule has 4 rings (SSSR count). The summed E-state index contributed by atoms with van der Waals surface area (Å²) in [5.74, 6) is 0. The average Bonchev–Trinajstić information content (AvgIpc) is 3.02. The molecule has 0 saturated carbocycles. The topological polar surface area (TPSA) is 46.2 Å². The average molecular weight is 603 g/mol. The van der Waals surface area contributed by atoms with Crippen LogP contribution in [0.2, 0.25) is 0 Å². The van der Waals surface area contributed by atoms with Gasteiger partial charge in [-0.05, 0) is 30.5 Å². The van der Waals surface area contributed by atoms with Crippen molar-refractivity contribution in [3.05, 3.63) is 108 Å². The number of halogens is 1. The highest BCUT2D eigenvalue weighted by Gasteiger charge is 2.44. The molecule has 1 saturated heterocycles. The third-order valence-electron chi connectivity index (χ3n) is 5.97. The van der Waals surface area contributed by atoms with Gasteiger partial charge in [-0.1, -0.05) is 114 Å². The predicted octanol–water partition coefficient (Wildman–Crippen LogP) is 6.33. The van der Waals surface area contributed by atoms with Crippen molar-refractivity contribution in [3.8, 4) is 0 Å². The van der Waals surface area contributed by atoms with Gasteiger partial charge in [0.25, 0.3) is 0 Å². The lowest BCUT2D eigenvalue weighted by atomic mass is 10.0. The van der Waals surface area contributed by atoms with Crippen LogP contribution in [0.15, 0.2) is 91.0 Å². The molecule has 5 nitrogen and oxygen atoms in total. The lowest BCUT2D eigenvalue weighted by Gasteiger charge is -2.34.